The third-order valence-corrected chi connectivity index (χ3v) is 4.72. The van der Waals surface area contributed by atoms with Crippen molar-refractivity contribution in [3.05, 3.63) is 24.2 Å². The number of rotatable bonds is 5. The van der Waals surface area contributed by atoms with Crippen molar-refractivity contribution < 1.29 is 13.9 Å². The number of ether oxygens (including phenoxy) is 1. The molecule has 4 heteroatoms. The largest absolute Gasteiger partial charge is 0.469 e. The standard InChI is InChI=1S/C18H29NO3/c1-13(2)15(16-7-6-9-21-16)11-17(20)19(5)14-8-10-22-18(3,4)12-14/h6-7,9,13-15H,8,10-12H2,1-5H3. The van der Waals surface area contributed by atoms with Gasteiger partial charge in [-0.3, -0.25) is 4.79 Å². The van der Waals surface area contributed by atoms with E-state index in [0.29, 0.717) is 12.3 Å². The molecule has 0 saturated carbocycles. The van der Waals surface area contributed by atoms with Gasteiger partial charge in [-0.05, 0) is 44.7 Å². The molecule has 2 atom stereocenters. The van der Waals surface area contributed by atoms with Crippen molar-refractivity contribution in [3.63, 3.8) is 0 Å². The molecule has 2 heterocycles. The summed E-state index contributed by atoms with van der Waals surface area (Å²) in [5, 5.41) is 0. The zero-order valence-electron chi connectivity index (χ0n) is 14.5. The Morgan fingerprint density at radius 3 is 2.73 bits per heavy atom. The highest BCUT2D eigenvalue weighted by Gasteiger charge is 2.33. The van der Waals surface area contributed by atoms with Crippen LogP contribution in [0.25, 0.3) is 0 Å². The smallest absolute Gasteiger partial charge is 0.223 e. The minimum Gasteiger partial charge on any atom is -0.469 e. The molecule has 124 valence electrons. The predicted molar refractivity (Wildman–Crippen MR) is 86.7 cm³/mol. The number of nitrogens with zero attached hydrogens (tertiary/aromatic N) is 1. The summed E-state index contributed by atoms with van der Waals surface area (Å²) in [6.07, 6.45) is 3.99. The van der Waals surface area contributed by atoms with Gasteiger partial charge in [-0.1, -0.05) is 13.8 Å². The first kappa shape index (κ1) is 17.1. The second-order valence-corrected chi connectivity index (χ2v) is 7.33. The summed E-state index contributed by atoms with van der Waals surface area (Å²) in [6, 6.07) is 4.12. The number of carbonyl (C=O) groups excluding carboxylic acids is 1. The Morgan fingerprint density at radius 1 is 1.45 bits per heavy atom. The fraction of sp³-hybridized carbons (Fsp3) is 0.722. The van der Waals surface area contributed by atoms with Gasteiger partial charge in [-0.2, -0.15) is 0 Å². The van der Waals surface area contributed by atoms with Crippen molar-refractivity contribution in [2.75, 3.05) is 13.7 Å². The van der Waals surface area contributed by atoms with Crippen LogP contribution in [0.15, 0.2) is 22.8 Å². The molecule has 1 aliphatic rings. The summed E-state index contributed by atoms with van der Waals surface area (Å²) < 4.78 is 11.3. The summed E-state index contributed by atoms with van der Waals surface area (Å²) >= 11 is 0. The monoisotopic (exact) mass is 307 g/mol. The molecule has 1 fully saturated rings. The van der Waals surface area contributed by atoms with Crippen molar-refractivity contribution in [2.24, 2.45) is 5.92 Å². The van der Waals surface area contributed by atoms with Gasteiger partial charge in [-0.15, -0.1) is 0 Å². The van der Waals surface area contributed by atoms with Gasteiger partial charge in [0.15, 0.2) is 0 Å². The zero-order chi connectivity index (χ0) is 16.3. The molecule has 22 heavy (non-hydrogen) atoms. The van der Waals surface area contributed by atoms with E-state index in [1.807, 2.05) is 24.1 Å². The molecule has 0 aliphatic carbocycles. The molecule has 0 bridgehead atoms. The Balaban J connectivity index is 2.01. The molecular weight excluding hydrogens is 278 g/mol. The molecule has 0 N–H and O–H groups in total. The van der Waals surface area contributed by atoms with E-state index in [1.165, 1.54) is 0 Å². The van der Waals surface area contributed by atoms with Crippen molar-refractivity contribution in [1.82, 2.24) is 4.90 Å². The Labute approximate surface area is 133 Å². The average Bonchev–Trinajstić information content (AvgIpc) is 2.96. The molecule has 4 nitrogen and oxygen atoms in total. The fourth-order valence-corrected chi connectivity index (χ4v) is 3.23. The number of amides is 1. The van der Waals surface area contributed by atoms with Crippen LogP contribution in [0, 0.1) is 5.92 Å². The summed E-state index contributed by atoms with van der Waals surface area (Å²) in [6.45, 7) is 9.19. The quantitative estimate of drug-likeness (QED) is 0.830. The van der Waals surface area contributed by atoms with Gasteiger partial charge in [0.1, 0.15) is 5.76 Å². The SMILES string of the molecule is CC(C)C(CC(=O)N(C)C1CCOC(C)(C)C1)c1ccco1. The van der Waals surface area contributed by atoms with Crippen LogP contribution < -0.4 is 0 Å². The van der Waals surface area contributed by atoms with Gasteiger partial charge in [-0.25, -0.2) is 0 Å². The molecule has 0 radical (unpaired) electrons. The maximum absolute atomic E-state index is 12.7. The lowest BCUT2D eigenvalue weighted by Gasteiger charge is -2.40. The van der Waals surface area contributed by atoms with Gasteiger partial charge in [0.05, 0.1) is 11.9 Å². The van der Waals surface area contributed by atoms with Crippen LogP contribution in [-0.4, -0.2) is 36.1 Å². The van der Waals surface area contributed by atoms with E-state index < -0.39 is 0 Å². The molecule has 2 rings (SSSR count). The zero-order valence-corrected chi connectivity index (χ0v) is 14.5. The molecular formula is C18H29NO3. The molecule has 1 aromatic rings. The average molecular weight is 307 g/mol. The number of furan rings is 1. The van der Waals surface area contributed by atoms with E-state index in [0.717, 1.165) is 25.2 Å². The van der Waals surface area contributed by atoms with E-state index in [1.54, 1.807) is 6.26 Å². The van der Waals surface area contributed by atoms with Crippen molar-refractivity contribution in [3.8, 4) is 0 Å². The number of carbonyl (C=O) groups is 1. The molecule has 1 aromatic heterocycles. The molecule has 1 saturated heterocycles. The molecule has 0 aromatic carbocycles. The van der Waals surface area contributed by atoms with Crippen molar-refractivity contribution in [2.45, 2.75) is 64.5 Å². The van der Waals surface area contributed by atoms with Gasteiger partial charge >= 0.3 is 0 Å². The topological polar surface area (TPSA) is 42.7 Å². The van der Waals surface area contributed by atoms with Crippen molar-refractivity contribution >= 4 is 5.91 Å². The van der Waals surface area contributed by atoms with Crippen molar-refractivity contribution in [1.29, 1.82) is 0 Å². The van der Waals surface area contributed by atoms with E-state index >= 15 is 0 Å². The van der Waals surface area contributed by atoms with Crippen LogP contribution >= 0.6 is 0 Å². The number of hydrogen-bond donors (Lipinski definition) is 0. The fourth-order valence-electron chi connectivity index (χ4n) is 3.23. The Hall–Kier alpha value is -1.29. The summed E-state index contributed by atoms with van der Waals surface area (Å²) in [5.41, 5.74) is -0.143. The second-order valence-electron chi connectivity index (χ2n) is 7.33. The maximum Gasteiger partial charge on any atom is 0.223 e. The summed E-state index contributed by atoms with van der Waals surface area (Å²) in [7, 11) is 1.92. The predicted octanol–water partition coefficient (Wildman–Crippen LogP) is 3.83. The summed E-state index contributed by atoms with van der Waals surface area (Å²) in [5.74, 6) is 1.61. The highest BCUT2D eigenvalue weighted by molar-refractivity contribution is 5.77. The maximum atomic E-state index is 12.7. The van der Waals surface area contributed by atoms with Gasteiger partial charge < -0.3 is 14.1 Å². The first-order valence-corrected chi connectivity index (χ1v) is 8.23. The highest BCUT2D eigenvalue weighted by Crippen LogP contribution is 2.31. The Morgan fingerprint density at radius 2 is 2.18 bits per heavy atom. The van der Waals surface area contributed by atoms with Crippen LogP contribution in [0.2, 0.25) is 0 Å². The van der Waals surface area contributed by atoms with Crippen LogP contribution in [0.4, 0.5) is 0 Å². The molecule has 0 spiro atoms. The Kier molecular flexibility index (Phi) is 5.32. The first-order chi connectivity index (χ1) is 10.3. The van der Waals surface area contributed by atoms with Gasteiger partial charge in [0.25, 0.3) is 0 Å². The molecule has 2 unspecified atom stereocenters. The van der Waals surface area contributed by atoms with E-state index in [2.05, 4.69) is 27.7 Å². The third-order valence-electron chi connectivity index (χ3n) is 4.72. The van der Waals surface area contributed by atoms with Crippen LogP contribution in [0.1, 0.15) is 58.6 Å². The molecule has 1 aliphatic heterocycles. The minimum absolute atomic E-state index is 0.137. The van der Waals surface area contributed by atoms with Crippen LogP contribution in [0.5, 0.6) is 0 Å². The Bertz CT molecular complexity index is 479. The lowest BCUT2D eigenvalue weighted by molar-refractivity contribution is -0.138. The van der Waals surface area contributed by atoms with Crippen LogP contribution in [-0.2, 0) is 9.53 Å². The van der Waals surface area contributed by atoms with E-state index in [-0.39, 0.29) is 23.5 Å². The van der Waals surface area contributed by atoms with Crippen LogP contribution in [0.3, 0.4) is 0 Å². The lowest BCUT2D eigenvalue weighted by atomic mass is 9.88. The highest BCUT2D eigenvalue weighted by atomic mass is 16.5. The van der Waals surface area contributed by atoms with Gasteiger partial charge in [0.2, 0.25) is 5.91 Å². The number of hydrogen-bond acceptors (Lipinski definition) is 3. The minimum atomic E-state index is -0.143. The van der Waals surface area contributed by atoms with Gasteiger partial charge in [0, 0.05) is 32.0 Å². The molecule has 1 amide bonds. The lowest BCUT2D eigenvalue weighted by Crippen LogP contribution is -2.47. The second kappa shape index (κ2) is 6.86. The summed E-state index contributed by atoms with van der Waals surface area (Å²) in [4.78, 5) is 14.6. The van der Waals surface area contributed by atoms with E-state index in [9.17, 15) is 4.79 Å². The van der Waals surface area contributed by atoms with E-state index in [4.69, 9.17) is 9.15 Å². The normalized spacial score (nSPS) is 22.5. The third kappa shape index (κ3) is 4.13. The first-order valence-electron chi connectivity index (χ1n) is 8.23.